The number of amides is 1. The van der Waals surface area contributed by atoms with Gasteiger partial charge in [-0.2, -0.15) is 4.68 Å². The van der Waals surface area contributed by atoms with Crippen molar-refractivity contribution in [1.82, 2.24) is 30.0 Å². The molecule has 0 saturated carbocycles. The predicted molar refractivity (Wildman–Crippen MR) is 141 cm³/mol. The van der Waals surface area contributed by atoms with Gasteiger partial charge >= 0.3 is 0 Å². The maximum Gasteiger partial charge on any atom is 0.227 e. The number of tetrazole rings is 1. The van der Waals surface area contributed by atoms with Gasteiger partial charge in [0.25, 0.3) is 0 Å². The molecule has 0 unspecified atom stereocenters. The molecule has 0 N–H and O–H groups in total. The minimum Gasteiger partial charge on any atom is -0.342 e. The van der Waals surface area contributed by atoms with Crippen LogP contribution in [0.25, 0.3) is 5.69 Å². The largest absolute Gasteiger partial charge is 0.342 e. The highest BCUT2D eigenvalue weighted by Crippen LogP contribution is 2.39. The summed E-state index contributed by atoms with van der Waals surface area (Å²) in [4.78, 5) is 17.9. The Balaban J connectivity index is 1.32. The van der Waals surface area contributed by atoms with Crippen molar-refractivity contribution in [2.45, 2.75) is 57.9 Å². The molecule has 38 heavy (non-hydrogen) atoms. The molecule has 0 radical (unpaired) electrons. The molecule has 1 aromatic heterocycles. The van der Waals surface area contributed by atoms with Crippen LogP contribution in [0.1, 0.15) is 62.4 Å². The molecular weight excluding hydrogens is 510 g/mol. The van der Waals surface area contributed by atoms with Crippen molar-refractivity contribution in [2.24, 2.45) is 5.92 Å². The van der Waals surface area contributed by atoms with E-state index in [4.69, 9.17) is 11.6 Å². The molecule has 2 aliphatic rings. The minimum absolute atomic E-state index is 0.0249. The molecule has 2 aliphatic heterocycles. The van der Waals surface area contributed by atoms with Crippen LogP contribution in [0.15, 0.2) is 36.4 Å². The molecule has 2 saturated heterocycles. The van der Waals surface area contributed by atoms with Crippen molar-refractivity contribution in [3.63, 3.8) is 0 Å². The molecule has 0 spiro atoms. The number of likely N-dealkylation sites (tertiary alicyclic amines) is 2. The SMILES string of the molecule is Cc1cc(-n2nnnc2C2CCN(C(=O)[C@@H]3CN(C(C)(C)C)C[C@H]3c3ccc(F)cc3F)CC2)ccc1Cl. The van der Waals surface area contributed by atoms with Gasteiger partial charge in [-0.05, 0) is 86.4 Å². The Bertz CT molecular complexity index is 1330. The molecule has 10 heteroatoms. The van der Waals surface area contributed by atoms with Crippen LogP contribution in [0, 0.1) is 24.5 Å². The maximum absolute atomic E-state index is 14.8. The van der Waals surface area contributed by atoms with Crippen molar-refractivity contribution in [3.8, 4) is 5.69 Å². The zero-order valence-electron chi connectivity index (χ0n) is 22.2. The third kappa shape index (κ3) is 5.18. The predicted octanol–water partition coefficient (Wildman–Crippen LogP) is 5.12. The van der Waals surface area contributed by atoms with Crippen LogP contribution in [0.3, 0.4) is 0 Å². The number of piperidine rings is 1. The summed E-state index contributed by atoms with van der Waals surface area (Å²) in [5.74, 6) is -1.04. The number of hydrogen-bond acceptors (Lipinski definition) is 5. The monoisotopic (exact) mass is 542 g/mol. The Morgan fingerprint density at radius 2 is 1.79 bits per heavy atom. The van der Waals surface area contributed by atoms with Crippen LogP contribution < -0.4 is 0 Å². The summed E-state index contributed by atoms with van der Waals surface area (Å²) in [6.07, 6.45) is 1.45. The summed E-state index contributed by atoms with van der Waals surface area (Å²) in [5.41, 5.74) is 2.03. The van der Waals surface area contributed by atoms with Gasteiger partial charge in [0, 0.05) is 54.6 Å². The van der Waals surface area contributed by atoms with Gasteiger partial charge in [0.15, 0.2) is 5.82 Å². The van der Waals surface area contributed by atoms with E-state index in [0.29, 0.717) is 36.8 Å². The number of aromatic nitrogens is 4. The van der Waals surface area contributed by atoms with Gasteiger partial charge in [0.05, 0.1) is 11.6 Å². The van der Waals surface area contributed by atoms with Crippen molar-refractivity contribution >= 4 is 17.5 Å². The summed E-state index contributed by atoms with van der Waals surface area (Å²) in [6, 6.07) is 9.36. The number of hydrogen-bond donors (Lipinski definition) is 0. The molecule has 3 heterocycles. The molecular formula is C28H33ClF2N6O. The Morgan fingerprint density at radius 3 is 2.45 bits per heavy atom. The first kappa shape index (κ1) is 26.7. The molecule has 3 aromatic rings. The van der Waals surface area contributed by atoms with Gasteiger partial charge in [-0.3, -0.25) is 9.69 Å². The highest BCUT2D eigenvalue weighted by Gasteiger charge is 2.45. The zero-order valence-corrected chi connectivity index (χ0v) is 22.9. The molecule has 1 amide bonds. The van der Waals surface area contributed by atoms with Crippen LogP contribution in [0.4, 0.5) is 8.78 Å². The lowest BCUT2D eigenvalue weighted by molar-refractivity contribution is -0.136. The Hall–Kier alpha value is -2.91. The highest BCUT2D eigenvalue weighted by atomic mass is 35.5. The van der Waals surface area contributed by atoms with Gasteiger partial charge in [-0.1, -0.05) is 17.7 Å². The molecule has 202 valence electrons. The number of aryl methyl sites for hydroxylation is 1. The van der Waals surface area contributed by atoms with Gasteiger partial charge in [-0.15, -0.1) is 5.10 Å². The first-order chi connectivity index (χ1) is 18.0. The fourth-order valence-corrected chi connectivity index (χ4v) is 5.82. The van der Waals surface area contributed by atoms with Crippen LogP contribution >= 0.6 is 11.6 Å². The third-order valence-corrected chi connectivity index (χ3v) is 8.42. The number of carbonyl (C=O) groups is 1. The fraction of sp³-hybridized carbons (Fsp3) is 0.500. The standard InChI is InChI=1S/C28H33ClF2N6O/c1-17-13-20(6-8-24(17)29)37-26(32-33-34-37)18-9-11-35(12-10-18)27(38)23-16-36(28(2,3)4)15-22(23)21-7-5-19(30)14-25(21)31/h5-8,13-14,18,22-23H,9-12,15-16H2,1-4H3/t22-,23+/m0/s1. The van der Waals surface area contributed by atoms with Crippen molar-refractivity contribution < 1.29 is 13.6 Å². The quantitative estimate of drug-likeness (QED) is 0.457. The number of benzene rings is 2. The Kier molecular flexibility index (Phi) is 7.26. The average molecular weight is 543 g/mol. The number of nitrogens with zero attached hydrogens (tertiary/aromatic N) is 6. The minimum atomic E-state index is -0.613. The van der Waals surface area contributed by atoms with E-state index in [1.54, 1.807) is 4.68 Å². The summed E-state index contributed by atoms with van der Waals surface area (Å²) in [7, 11) is 0. The number of halogens is 3. The summed E-state index contributed by atoms with van der Waals surface area (Å²) in [6.45, 7) is 10.4. The number of carbonyl (C=O) groups excluding carboxylic acids is 1. The van der Waals surface area contributed by atoms with Crippen LogP contribution in [-0.2, 0) is 4.79 Å². The second-order valence-corrected chi connectivity index (χ2v) is 11.8. The van der Waals surface area contributed by atoms with E-state index in [1.807, 2.05) is 30.0 Å². The summed E-state index contributed by atoms with van der Waals surface area (Å²) >= 11 is 6.19. The average Bonchev–Trinajstić information content (AvgIpc) is 3.53. The lowest BCUT2D eigenvalue weighted by Crippen LogP contribution is -2.44. The molecule has 2 fully saturated rings. The molecule has 0 aliphatic carbocycles. The van der Waals surface area contributed by atoms with Gasteiger partial charge in [-0.25, -0.2) is 8.78 Å². The van der Waals surface area contributed by atoms with E-state index >= 15 is 0 Å². The number of rotatable bonds is 4. The Labute approximate surface area is 226 Å². The topological polar surface area (TPSA) is 67.2 Å². The van der Waals surface area contributed by atoms with Crippen molar-refractivity contribution in [3.05, 3.63) is 70.0 Å². The molecule has 2 atom stereocenters. The highest BCUT2D eigenvalue weighted by molar-refractivity contribution is 6.31. The zero-order chi connectivity index (χ0) is 27.2. The second-order valence-electron chi connectivity index (χ2n) is 11.4. The van der Waals surface area contributed by atoms with Gasteiger partial charge in [0.2, 0.25) is 5.91 Å². The lowest BCUT2D eigenvalue weighted by Gasteiger charge is -2.34. The van der Waals surface area contributed by atoms with E-state index < -0.39 is 17.6 Å². The lowest BCUT2D eigenvalue weighted by atomic mass is 9.86. The Morgan fingerprint density at radius 1 is 1.05 bits per heavy atom. The van der Waals surface area contributed by atoms with Crippen molar-refractivity contribution in [2.75, 3.05) is 26.2 Å². The molecule has 7 nitrogen and oxygen atoms in total. The smallest absolute Gasteiger partial charge is 0.227 e. The van der Waals surface area contributed by atoms with E-state index in [2.05, 4.69) is 41.2 Å². The molecule has 0 bridgehead atoms. The van der Waals surface area contributed by atoms with E-state index in [1.165, 1.54) is 12.1 Å². The van der Waals surface area contributed by atoms with Gasteiger partial charge in [0.1, 0.15) is 11.6 Å². The molecule has 5 rings (SSSR count). The van der Waals surface area contributed by atoms with Crippen LogP contribution in [0.2, 0.25) is 5.02 Å². The van der Waals surface area contributed by atoms with E-state index in [0.717, 1.165) is 36.0 Å². The van der Waals surface area contributed by atoms with Gasteiger partial charge < -0.3 is 4.90 Å². The normalized spacial score (nSPS) is 21.3. The molecule has 2 aromatic carbocycles. The van der Waals surface area contributed by atoms with E-state index in [-0.39, 0.29) is 23.3 Å². The summed E-state index contributed by atoms with van der Waals surface area (Å²) in [5, 5.41) is 13.1. The maximum atomic E-state index is 14.8. The first-order valence-corrected chi connectivity index (χ1v) is 13.4. The van der Waals surface area contributed by atoms with Crippen LogP contribution in [-0.4, -0.2) is 67.6 Å². The third-order valence-electron chi connectivity index (χ3n) is 8.00. The van der Waals surface area contributed by atoms with E-state index in [9.17, 15) is 13.6 Å². The fourth-order valence-electron chi connectivity index (χ4n) is 5.70. The van der Waals surface area contributed by atoms with Crippen LogP contribution in [0.5, 0.6) is 0 Å². The van der Waals surface area contributed by atoms with Crippen molar-refractivity contribution in [1.29, 1.82) is 0 Å². The first-order valence-electron chi connectivity index (χ1n) is 13.1. The second kappa shape index (κ2) is 10.3. The summed E-state index contributed by atoms with van der Waals surface area (Å²) < 4.78 is 30.2.